The van der Waals surface area contributed by atoms with E-state index < -0.39 is 0 Å². The van der Waals surface area contributed by atoms with Gasteiger partial charge in [0, 0.05) is 24.4 Å². The first kappa shape index (κ1) is 18.2. The maximum atomic E-state index is 13.0. The van der Waals surface area contributed by atoms with Crippen LogP contribution in [0.2, 0.25) is 0 Å². The molecule has 1 aliphatic heterocycles. The molecule has 1 amide bonds. The summed E-state index contributed by atoms with van der Waals surface area (Å²) in [5.41, 5.74) is 2.92. The second-order valence-electron chi connectivity index (χ2n) is 7.08. The fraction of sp³-hybridized carbons (Fsp3) is 0.250. The van der Waals surface area contributed by atoms with Gasteiger partial charge in [0.2, 0.25) is 5.88 Å². The normalized spacial score (nSPS) is 16.6. The first-order chi connectivity index (χ1) is 13.8. The predicted octanol–water partition coefficient (Wildman–Crippen LogP) is 5.03. The van der Waals surface area contributed by atoms with Gasteiger partial charge in [0.1, 0.15) is 6.61 Å². The van der Waals surface area contributed by atoms with Gasteiger partial charge in [0.15, 0.2) is 0 Å². The Hall–Kier alpha value is -3.14. The lowest BCUT2D eigenvalue weighted by molar-refractivity contribution is 0.0611. The zero-order valence-electron chi connectivity index (χ0n) is 15.8. The van der Waals surface area contributed by atoms with Gasteiger partial charge in [-0.2, -0.15) is 0 Å². The highest BCUT2D eigenvalue weighted by Gasteiger charge is 2.28. The SMILES string of the molecule is O=C(c1ccccc1)N1CCCCC1c1ccc(OCc2ccccc2)nc1. The predicted molar refractivity (Wildman–Crippen MR) is 109 cm³/mol. The molecule has 0 spiro atoms. The number of likely N-dealkylation sites (tertiary alicyclic amines) is 1. The first-order valence-corrected chi connectivity index (χ1v) is 9.80. The summed E-state index contributed by atoms with van der Waals surface area (Å²) in [5, 5.41) is 0. The molecule has 4 heteroatoms. The van der Waals surface area contributed by atoms with Crippen LogP contribution in [0.3, 0.4) is 0 Å². The van der Waals surface area contributed by atoms with E-state index in [4.69, 9.17) is 4.74 Å². The Labute approximate surface area is 165 Å². The van der Waals surface area contributed by atoms with Crippen LogP contribution in [0.1, 0.15) is 46.8 Å². The van der Waals surface area contributed by atoms with Gasteiger partial charge < -0.3 is 9.64 Å². The Morgan fingerprint density at radius 2 is 1.71 bits per heavy atom. The summed E-state index contributed by atoms with van der Waals surface area (Å²) >= 11 is 0. The monoisotopic (exact) mass is 372 g/mol. The quantitative estimate of drug-likeness (QED) is 0.631. The Bertz CT molecular complexity index is 895. The van der Waals surface area contributed by atoms with Gasteiger partial charge in [-0.15, -0.1) is 0 Å². The molecule has 0 saturated carbocycles. The van der Waals surface area contributed by atoms with E-state index in [0.717, 1.165) is 42.5 Å². The van der Waals surface area contributed by atoms with Crippen LogP contribution < -0.4 is 4.74 Å². The number of carbonyl (C=O) groups excluding carboxylic acids is 1. The number of aromatic nitrogens is 1. The van der Waals surface area contributed by atoms with Gasteiger partial charge in [-0.3, -0.25) is 4.79 Å². The van der Waals surface area contributed by atoms with Crippen LogP contribution in [0.25, 0.3) is 0 Å². The van der Waals surface area contributed by atoms with Gasteiger partial charge in [0.05, 0.1) is 6.04 Å². The molecular weight excluding hydrogens is 348 g/mol. The van der Waals surface area contributed by atoms with Gasteiger partial charge >= 0.3 is 0 Å². The average molecular weight is 372 g/mol. The van der Waals surface area contributed by atoms with Crippen molar-refractivity contribution in [2.75, 3.05) is 6.54 Å². The van der Waals surface area contributed by atoms with Gasteiger partial charge in [-0.25, -0.2) is 4.98 Å². The van der Waals surface area contributed by atoms with Crippen LogP contribution in [0.15, 0.2) is 79.0 Å². The molecular formula is C24H24N2O2. The molecule has 1 saturated heterocycles. The number of hydrogen-bond acceptors (Lipinski definition) is 3. The molecule has 1 atom stereocenters. The Balaban J connectivity index is 1.46. The van der Waals surface area contributed by atoms with E-state index in [-0.39, 0.29) is 11.9 Å². The third kappa shape index (κ3) is 4.22. The number of amides is 1. The molecule has 1 unspecified atom stereocenters. The van der Waals surface area contributed by atoms with Crippen LogP contribution in [-0.4, -0.2) is 22.3 Å². The lowest BCUT2D eigenvalue weighted by Crippen LogP contribution is -2.38. The van der Waals surface area contributed by atoms with Gasteiger partial charge in [-0.05, 0) is 42.5 Å². The smallest absolute Gasteiger partial charge is 0.254 e. The van der Waals surface area contributed by atoms with Crippen LogP contribution in [-0.2, 0) is 6.61 Å². The number of pyridine rings is 1. The van der Waals surface area contributed by atoms with Crippen molar-refractivity contribution >= 4 is 5.91 Å². The number of nitrogens with zero attached hydrogens (tertiary/aromatic N) is 2. The number of carbonyl (C=O) groups is 1. The molecule has 0 N–H and O–H groups in total. The molecule has 4 rings (SSSR count). The molecule has 1 aliphatic rings. The molecule has 0 aliphatic carbocycles. The third-order valence-electron chi connectivity index (χ3n) is 5.16. The zero-order valence-corrected chi connectivity index (χ0v) is 15.8. The summed E-state index contributed by atoms with van der Waals surface area (Å²) in [6.45, 7) is 1.28. The fourth-order valence-electron chi connectivity index (χ4n) is 3.67. The summed E-state index contributed by atoms with van der Waals surface area (Å²) in [6, 6.07) is 23.6. The second-order valence-corrected chi connectivity index (χ2v) is 7.08. The molecule has 0 bridgehead atoms. The lowest BCUT2D eigenvalue weighted by atomic mass is 9.95. The molecule has 1 fully saturated rings. The molecule has 3 aromatic rings. The standard InChI is InChI=1S/C24H24N2O2/c27-24(20-11-5-2-6-12-20)26-16-8-7-13-22(26)21-14-15-23(25-17-21)28-18-19-9-3-1-4-10-19/h1-6,9-12,14-15,17,22H,7-8,13,16,18H2. The number of rotatable bonds is 5. The number of ether oxygens (including phenoxy) is 1. The molecule has 2 aromatic carbocycles. The van der Waals surface area contributed by atoms with Crippen LogP contribution >= 0.6 is 0 Å². The van der Waals surface area contributed by atoms with Crippen molar-refractivity contribution in [2.45, 2.75) is 31.9 Å². The molecule has 4 nitrogen and oxygen atoms in total. The Kier molecular flexibility index (Phi) is 5.66. The van der Waals surface area contributed by atoms with E-state index in [1.54, 1.807) is 0 Å². The van der Waals surface area contributed by atoms with E-state index in [1.165, 1.54) is 0 Å². The maximum absolute atomic E-state index is 13.0. The molecule has 28 heavy (non-hydrogen) atoms. The Morgan fingerprint density at radius 3 is 2.43 bits per heavy atom. The third-order valence-corrected chi connectivity index (χ3v) is 5.16. The summed E-state index contributed by atoms with van der Waals surface area (Å²) in [6.07, 6.45) is 4.97. The van der Waals surface area contributed by atoms with E-state index in [2.05, 4.69) is 4.98 Å². The molecule has 2 heterocycles. The summed E-state index contributed by atoms with van der Waals surface area (Å²) in [5.74, 6) is 0.694. The summed E-state index contributed by atoms with van der Waals surface area (Å²) in [7, 11) is 0. The van der Waals surface area contributed by atoms with Crippen molar-refractivity contribution < 1.29 is 9.53 Å². The summed E-state index contributed by atoms with van der Waals surface area (Å²) in [4.78, 5) is 19.5. The first-order valence-electron chi connectivity index (χ1n) is 9.80. The minimum absolute atomic E-state index is 0.0668. The van der Waals surface area contributed by atoms with Crippen molar-refractivity contribution in [1.82, 2.24) is 9.88 Å². The number of hydrogen-bond donors (Lipinski definition) is 0. The van der Waals surface area contributed by atoms with E-state index in [1.807, 2.05) is 83.9 Å². The van der Waals surface area contributed by atoms with Gasteiger partial charge in [-0.1, -0.05) is 54.6 Å². The van der Waals surface area contributed by atoms with Crippen LogP contribution in [0, 0.1) is 0 Å². The van der Waals surface area contributed by atoms with Gasteiger partial charge in [0.25, 0.3) is 5.91 Å². The maximum Gasteiger partial charge on any atom is 0.254 e. The molecule has 142 valence electrons. The lowest BCUT2D eigenvalue weighted by Gasteiger charge is -2.36. The van der Waals surface area contributed by atoms with Crippen LogP contribution in [0.4, 0.5) is 0 Å². The largest absolute Gasteiger partial charge is 0.473 e. The van der Waals surface area contributed by atoms with Crippen LogP contribution in [0.5, 0.6) is 5.88 Å². The van der Waals surface area contributed by atoms with Crippen molar-refractivity contribution in [1.29, 1.82) is 0 Å². The van der Waals surface area contributed by atoms with Crippen molar-refractivity contribution in [3.05, 3.63) is 95.7 Å². The fourth-order valence-corrected chi connectivity index (χ4v) is 3.67. The van der Waals surface area contributed by atoms with Crippen molar-refractivity contribution in [3.8, 4) is 5.88 Å². The number of benzene rings is 2. The highest BCUT2D eigenvalue weighted by molar-refractivity contribution is 5.94. The zero-order chi connectivity index (χ0) is 19.2. The molecule has 0 radical (unpaired) electrons. The minimum Gasteiger partial charge on any atom is -0.473 e. The average Bonchev–Trinajstić information content (AvgIpc) is 2.79. The second kappa shape index (κ2) is 8.70. The minimum atomic E-state index is 0.0668. The van der Waals surface area contributed by atoms with Crippen molar-refractivity contribution in [2.24, 2.45) is 0 Å². The number of piperidine rings is 1. The van der Waals surface area contributed by atoms with E-state index >= 15 is 0 Å². The van der Waals surface area contributed by atoms with E-state index in [0.29, 0.717) is 12.5 Å². The highest BCUT2D eigenvalue weighted by atomic mass is 16.5. The summed E-state index contributed by atoms with van der Waals surface area (Å²) < 4.78 is 5.79. The van der Waals surface area contributed by atoms with Crippen molar-refractivity contribution in [3.63, 3.8) is 0 Å². The topological polar surface area (TPSA) is 42.4 Å². The Morgan fingerprint density at radius 1 is 0.964 bits per heavy atom. The molecule has 1 aromatic heterocycles. The van der Waals surface area contributed by atoms with E-state index in [9.17, 15) is 4.79 Å². The highest BCUT2D eigenvalue weighted by Crippen LogP contribution is 2.32.